The summed E-state index contributed by atoms with van der Waals surface area (Å²) in [5, 5.41) is 0. The Bertz CT molecular complexity index is 1500. The molecule has 0 heterocycles. The number of rotatable bonds is 4. The highest BCUT2D eigenvalue weighted by Crippen LogP contribution is 2.50. The quantitative estimate of drug-likeness (QED) is 0.263. The second-order valence-electron chi connectivity index (χ2n) is 9.95. The molecule has 0 spiro atoms. The number of hydrogen-bond donors (Lipinski definition) is 0. The molecule has 0 unspecified atom stereocenters. The maximum Gasteiger partial charge on any atom is 0.0411 e. The predicted octanol–water partition coefficient (Wildman–Crippen LogP) is 9.09. The van der Waals surface area contributed by atoms with Gasteiger partial charge < -0.3 is 4.90 Å². The molecule has 0 saturated carbocycles. The third kappa shape index (κ3) is 3.65. The number of benzene rings is 5. The normalized spacial score (nSPS) is 13.2. The van der Waals surface area contributed by atoms with Gasteiger partial charge in [-0.05, 0) is 74.8 Å². The van der Waals surface area contributed by atoms with Crippen molar-refractivity contribution in [3.05, 3.63) is 132 Å². The Morgan fingerprint density at radius 3 is 1.54 bits per heavy atom. The van der Waals surface area contributed by atoms with Crippen molar-refractivity contribution in [3.63, 3.8) is 0 Å². The lowest BCUT2D eigenvalue weighted by molar-refractivity contribution is 0.660. The van der Waals surface area contributed by atoms with Gasteiger partial charge in [0.05, 0.1) is 0 Å². The molecular formula is C34H29N. The molecule has 5 aromatic rings. The molecule has 0 amide bonds. The Hall–Kier alpha value is -4.10. The topological polar surface area (TPSA) is 3.24 Å². The molecule has 0 atom stereocenters. The highest BCUT2D eigenvalue weighted by atomic mass is 15.1. The lowest BCUT2D eigenvalue weighted by atomic mass is 9.81. The molecule has 170 valence electrons. The van der Waals surface area contributed by atoms with Gasteiger partial charge in [0, 0.05) is 23.8 Å². The van der Waals surface area contributed by atoms with Gasteiger partial charge >= 0.3 is 0 Å². The van der Waals surface area contributed by atoms with Crippen LogP contribution in [-0.4, -0.2) is 7.05 Å². The second-order valence-corrected chi connectivity index (χ2v) is 9.95. The van der Waals surface area contributed by atoms with Gasteiger partial charge in [0.2, 0.25) is 0 Å². The molecule has 0 saturated heterocycles. The van der Waals surface area contributed by atoms with Gasteiger partial charge in [-0.3, -0.25) is 0 Å². The van der Waals surface area contributed by atoms with Crippen LogP contribution in [0.2, 0.25) is 0 Å². The van der Waals surface area contributed by atoms with Crippen LogP contribution in [0.25, 0.3) is 33.4 Å². The summed E-state index contributed by atoms with van der Waals surface area (Å²) in [6, 6.07) is 43.9. The van der Waals surface area contributed by atoms with Crippen LogP contribution in [0.5, 0.6) is 0 Å². The highest BCUT2D eigenvalue weighted by molar-refractivity contribution is 5.85. The number of fused-ring (bicyclic) bond motifs is 3. The van der Waals surface area contributed by atoms with E-state index in [9.17, 15) is 0 Å². The standard InChI is InChI=1S/C34H29N/c1-34(2)32-22-27(25-12-8-5-9-13-25)16-20-30(32)31-21-19-29(23-33(31)34)35(3)28-17-14-26(15-18-28)24-10-6-4-7-11-24/h4-23H,1-3H3. The molecule has 0 radical (unpaired) electrons. The molecule has 6 rings (SSSR count). The van der Waals surface area contributed by atoms with Crippen LogP contribution >= 0.6 is 0 Å². The molecule has 1 heteroatoms. The Kier molecular flexibility index (Phi) is 5.07. The molecule has 0 fully saturated rings. The monoisotopic (exact) mass is 451 g/mol. The van der Waals surface area contributed by atoms with Gasteiger partial charge in [-0.1, -0.05) is 105 Å². The van der Waals surface area contributed by atoms with Crippen LogP contribution in [0.15, 0.2) is 121 Å². The predicted molar refractivity (Wildman–Crippen MR) is 149 cm³/mol. The van der Waals surface area contributed by atoms with Crippen molar-refractivity contribution in [3.8, 4) is 33.4 Å². The maximum atomic E-state index is 2.39. The molecule has 0 N–H and O–H groups in total. The summed E-state index contributed by atoms with van der Waals surface area (Å²) in [4.78, 5) is 2.28. The fourth-order valence-corrected chi connectivity index (χ4v) is 5.40. The van der Waals surface area contributed by atoms with Crippen molar-refractivity contribution < 1.29 is 0 Å². The van der Waals surface area contributed by atoms with Gasteiger partial charge in [0.25, 0.3) is 0 Å². The average molecular weight is 452 g/mol. The molecule has 0 aliphatic heterocycles. The van der Waals surface area contributed by atoms with Crippen LogP contribution < -0.4 is 4.90 Å². The van der Waals surface area contributed by atoms with Crippen LogP contribution in [-0.2, 0) is 5.41 Å². The van der Waals surface area contributed by atoms with Crippen molar-refractivity contribution >= 4 is 11.4 Å². The Morgan fingerprint density at radius 1 is 0.457 bits per heavy atom. The molecule has 0 aromatic heterocycles. The zero-order valence-corrected chi connectivity index (χ0v) is 20.5. The molecular weight excluding hydrogens is 422 g/mol. The Labute approximate surface area is 208 Å². The van der Waals surface area contributed by atoms with Crippen molar-refractivity contribution in [2.75, 3.05) is 11.9 Å². The largest absolute Gasteiger partial charge is 0.345 e. The third-order valence-corrected chi connectivity index (χ3v) is 7.52. The minimum atomic E-state index is -0.0521. The van der Waals surface area contributed by atoms with E-state index in [-0.39, 0.29) is 5.41 Å². The van der Waals surface area contributed by atoms with E-state index in [1.165, 1.54) is 55.9 Å². The lowest BCUT2D eigenvalue weighted by Crippen LogP contribution is -2.16. The summed E-state index contributed by atoms with van der Waals surface area (Å²) < 4.78 is 0. The van der Waals surface area contributed by atoms with Crippen LogP contribution in [0.4, 0.5) is 11.4 Å². The summed E-state index contributed by atoms with van der Waals surface area (Å²) >= 11 is 0. The van der Waals surface area contributed by atoms with Gasteiger partial charge in [0.1, 0.15) is 0 Å². The maximum absolute atomic E-state index is 2.39. The van der Waals surface area contributed by atoms with Crippen molar-refractivity contribution in [2.24, 2.45) is 0 Å². The molecule has 1 aliphatic rings. The van der Waals surface area contributed by atoms with E-state index < -0.39 is 0 Å². The number of hydrogen-bond acceptors (Lipinski definition) is 1. The second kappa shape index (κ2) is 8.29. The van der Waals surface area contributed by atoms with Crippen LogP contribution in [0.3, 0.4) is 0 Å². The first kappa shape index (κ1) is 21.4. The van der Waals surface area contributed by atoms with E-state index in [1.54, 1.807) is 0 Å². The minimum absolute atomic E-state index is 0.0521. The van der Waals surface area contributed by atoms with E-state index in [1.807, 2.05) is 0 Å². The van der Waals surface area contributed by atoms with Crippen LogP contribution in [0.1, 0.15) is 25.0 Å². The third-order valence-electron chi connectivity index (χ3n) is 7.52. The highest BCUT2D eigenvalue weighted by Gasteiger charge is 2.36. The Balaban J connectivity index is 1.33. The molecule has 1 nitrogen and oxygen atoms in total. The number of nitrogens with zero attached hydrogens (tertiary/aromatic N) is 1. The zero-order chi connectivity index (χ0) is 24.0. The zero-order valence-electron chi connectivity index (χ0n) is 20.5. The summed E-state index contributed by atoms with van der Waals surface area (Å²) in [7, 11) is 2.15. The number of anilines is 2. The van der Waals surface area contributed by atoms with Crippen molar-refractivity contribution in [1.29, 1.82) is 0 Å². The van der Waals surface area contributed by atoms with Gasteiger partial charge in [-0.2, -0.15) is 0 Å². The van der Waals surface area contributed by atoms with E-state index in [2.05, 4.69) is 147 Å². The first-order valence-electron chi connectivity index (χ1n) is 12.3. The minimum Gasteiger partial charge on any atom is -0.345 e. The fourth-order valence-electron chi connectivity index (χ4n) is 5.40. The summed E-state index contributed by atoms with van der Waals surface area (Å²) in [5.74, 6) is 0. The summed E-state index contributed by atoms with van der Waals surface area (Å²) in [6.07, 6.45) is 0. The summed E-state index contributed by atoms with van der Waals surface area (Å²) in [5.41, 5.74) is 12.9. The van der Waals surface area contributed by atoms with Crippen LogP contribution in [0, 0.1) is 0 Å². The molecule has 35 heavy (non-hydrogen) atoms. The van der Waals surface area contributed by atoms with Gasteiger partial charge in [-0.25, -0.2) is 0 Å². The van der Waals surface area contributed by atoms with Gasteiger partial charge in [-0.15, -0.1) is 0 Å². The first-order valence-corrected chi connectivity index (χ1v) is 12.3. The van der Waals surface area contributed by atoms with E-state index in [0.717, 1.165) is 0 Å². The van der Waals surface area contributed by atoms with E-state index in [0.29, 0.717) is 0 Å². The van der Waals surface area contributed by atoms with E-state index >= 15 is 0 Å². The molecule has 1 aliphatic carbocycles. The average Bonchev–Trinajstić information content (AvgIpc) is 3.15. The molecule has 5 aromatic carbocycles. The van der Waals surface area contributed by atoms with Gasteiger partial charge in [0.15, 0.2) is 0 Å². The fraction of sp³-hybridized carbons (Fsp3) is 0.118. The van der Waals surface area contributed by atoms with Crippen molar-refractivity contribution in [2.45, 2.75) is 19.3 Å². The first-order chi connectivity index (χ1) is 17.0. The summed E-state index contributed by atoms with van der Waals surface area (Å²) in [6.45, 7) is 4.70. The SMILES string of the molecule is CN(c1ccc(-c2ccccc2)cc1)c1ccc2c(c1)C(C)(C)c1cc(-c3ccccc3)ccc1-2. The lowest BCUT2D eigenvalue weighted by Gasteiger charge is -2.25. The molecule has 0 bridgehead atoms. The van der Waals surface area contributed by atoms with E-state index in [4.69, 9.17) is 0 Å². The smallest absolute Gasteiger partial charge is 0.0411 e. The Morgan fingerprint density at radius 2 is 0.914 bits per heavy atom. The van der Waals surface area contributed by atoms with Crippen molar-refractivity contribution in [1.82, 2.24) is 0 Å².